The van der Waals surface area contributed by atoms with Gasteiger partial charge in [-0.3, -0.25) is 27.6 Å². The smallest absolute Gasteiger partial charge is 0.302 e. The largest absolute Gasteiger partial charge is 0.773 e. The average Bonchev–Trinajstić information content (AvgIpc) is 2.94. The molecule has 0 spiro atoms. The molecule has 1 atom stereocenters. The Kier molecular flexibility index (Phi) is 93.5. The normalized spacial score (nSPS) is 8.96. The van der Waals surface area contributed by atoms with E-state index >= 15 is 0 Å². The molecule has 0 rings (SSSR count). The van der Waals surface area contributed by atoms with Crippen LogP contribution >= 0.6 is 0 Å². The van der Waals surface area contributed by atoms with Crippen molar-refractivity contribution in [1.29, 1.82) is 0 Å². The van der Waals surface area contributed by atoms with Gasteiger partial charge in [0.2, 0.25) is 21.8 Å². The second-order valence-electron chi connectivity index (χ2n) is 6.83. The number of esters is 2. The SMILES string of the molecule is C/C=C\C.CNC.CNC(C)=O.CNC(C)=O.CNS(C)(=O)=O.COC.COC(C)=O.COC(C)=O.COS(C)(=O)=O.CS(=O)[O-]. The quantitative estimate of drug-likeness (QED) is 0.124. The first kappa shape index (κ1) is 70.0. The van der Waals surface area contributed by atoms with Gasteiger partial charge in [-0.25, -0.2) is 13.1 Å². The second-order valence-corrected chi connectivity index (χ2v) is 11.3. The van der Waals surface area contributed by atoms with Crippen molar-refractivity contribution in [3.05, 3.63) is 12.2 Å². The summed E-state index contributed by atoms with van der Waals surface area (Å²) in [6.07, 6.45) is 7.18. The summed E-state index contributed by atoms with van der Waals surface area (Å²) in [6, 6.07) is 0. The number of carbonyl (C=O) groups excluding carboxylic acids is 4. The molecule has 21 heteroatoms. The van der Waals surface area contributed by atoms with Crippen molar-refractivity contribution >= 4 is 55.0 Å². The summed E-state index contributed by atoms with van der Waals surface area (Å²) in [6.45, 7) is 9.67. The highest BCUT2D eigenvalue weighted by atomic mass is 32.2. The van der Waals surface area contributed by atoms with E-state index in [2.05, 4.69) is 39.1 Å². The maximum Gasteiger partial charge on any atom is 0.302 e. The first-order valence-corrected chi connectivity index (χ1v) is 17.5. The van der Waals surface area contributed by atoms with Crippen molar-refractivity contribution in [2.75, 3.05) is 89.6 Å². The summed E-state index contributed by atoms with van der Waals surface area (Å²) in [4.78, 5) is 38.6. The molecule has 0 aromatic rings. The Morgan fingerprint density at radius 2 is 0.783 bits per heavy atom. The number of carbonyl (C=O) groups is 4. The molecule has 0 saturated carbocycles. The van der Waals surface area contributed by atoms with Crippen molar-refractivity contribution in [1.82, 2.24) is 20.7 Å². The van der Waals surface area contributed by atoms with Gasteiger partial charge in [0.25, 0.3) is 10.1 Å². The van der Waals surface area contributed by atoms with E-state index in [0.717, 1.165) is 25.9 Å². The van der Waals surface area contributed by atoms with E-state index in [9.17, 15) is 36.0 Å². The van der Waals surface area contributed by atoms with Crippen molar-refractivity contribution < 1.29 is 63.2 Å². The van der Waals surface area contributed by atoms with E-state index in [1.54, 1.807) is 28.3 Å². The van der Waals surface area contributed by atoms with Crippen LogP contribution in [0.3, 0.4) is 0 Å². The Hall–Kier alpha value is -2.53. The highest BCUT2D eigenvalue weighted by molar-refractivity contribution is 7.88. The minimum atomic E-state index is -3.16. The van der Waals surface area contributed by atoms with Crippen LogP contribution in [-0.2, 0) is 68.8 Å². The van der Waals surface area contributed by atoms with Crippen LogP contribution in [0.2, 0.25) is 0 Å². The fourth-order valence-corrected chi connectivity index (χ4v) is 0. The standard InChI is InChI=1S/C4H8.2C3H7NO.2C3H6O2.C2H7NO2S.C2H7N.C2H6O3S.C2H6O.CH4O2S/c1-3-4-2;2*1-3(5)4-2;2*1-3(4)5-2;1-3-6(2,4)5;1-3-2;1-5-6(2,3)4;1-3-2;1-4(2)3/h3-4H,1-2H3;2*1-2H3,(H,4,5);2*1-2H3;3H,1-2H3;3H,1-2H3;1-2H3;1-2H3;1H3,(H,2,3)/p-1/b4-3-;;;;;;;;;. The lowest BCUT2D eigenvalue weighted by Gasteiger charge is -1.85. The fourth-order valence-electron chi connectivity index (χ4n) is 0. The molecule has 0 aromatic carbocycles. The first-order valence-electron chi connectivity index (χ1n) is 12.3. The molecule has 0 fully saturated rings. The highest BCUT2D eigenvalue weighted by Crippen LogP contribution is 1.76. The van der Waals surface area contributed by atoms with Crippen LogP contribution in [0.25, 0.3) is 0 Å². The van der Waals surface area contributed by atoms with Gasteiger partial charge >= 0.3 is 11.9 Å². The van der Waals surface area contributed by atoms with Crippen LogP contribution < -0.4 is 20.7 Å². The number of methoxy groups -OCH3 is 3. The highest BCUT2D eigenvalue weighted by Gasteiger charge is 1.90. The molecule has 0 aliphatic heterocycles. The monoisotopic (exact) mass is 739 g/mol. The maximum atomic E-state index is 9.89. The molecule has 286 valence electrons. The third-order valence-corrected chi connectivity index (χ3v) is 3.63. The molecule has 0 aromatic heterocycles. The summed E-state index contributed by atoms with van der Waals surface area (Å²) in [5, 5.41) is 7.53. The summed E-state index contributed by atoms with van der Waals surface area (Å²) >= 11 is -1.86. The molecule has 4 N–H and O–H groups in total. The number of hydrogen-bond acceptors (Lipinski definition) is 15. The maximum absolute atomic E-state index is 9.89. The summed E-state index contributed by atoms with van der Waals surface area (Å²) in [5.41, 5.74) is 0. The number of sulfonamides is 1. The van der Waals surface area contributed by atoms with Crippen molar-refractivity contribution in [3.8, 4) is 0 Å². The van der Waals surface area contributed by atoms with E-state index in [1.807, 2.05) is 40.1 Å². The number of hydrogen-bond donors (Lipinski definition) is 4. The molecule has 18 nitrogen and oxygen atoms in total. The van der Waals surface area contributed by atoms with E-state index in [1.165, 1.54) is 49.0 Å². The lowest BCUT2D eigenvalue weighted by atomic mass is 10.6. The van der Waals surface area contributed by atoms with Gasteiger partial charge in [0, 0.05) is 56.0 Å². The van der Waals surface area contributed by atoms with Gasteiger partial charge in [-0.05, 0) is 41.2 Å². The molecule has 1 unspecified atom stereocenters. The zero-order chi connectivity index (χ0) is 40.0. The Labute approximate surface area is 281 Å². The topological polar surface area (TPSA) is 262 Å². The van der Waals surface area contributed by atoms with Crippen LogP contribution in [0.5, 0.6) is 0 Å². The molecular weight excluding hydrogens is 676 g/mol. The van der Waals surface area contributed by atoms with E-state index in [0.29, 0.717) is 0 Å². The summed E-state index contributed by atoms with van der Waals surface area (Å²) < 4.78 is 75.8. The van der Waals surface area contributed by atoms with E-state index in [-0.39, 0.29) is 23.8 Å². The summed E-state index contributed by atoms with van der Waals surface area (Å²) in [7, 11) is 9.31. The van der Waals surface area contributed by atoms with Gasteiger partial charge in [0.05, 0.1) is 33.8 Å². The predicted molar refractivity (Wildman–Crippen MR) is 184 cm³/mol. The van der Waals surface area contributed by atoms with Gasteiger partial charge in [0.15, 0.2) is 0 Å². The number of ether oxygens (including phenoxy) is 3. The van der Waals surface area contributed by atoms with Crippen molar-refractivity contribution in [3.63, 3.8) is 0 Å². The first-order chi connectivity index (χ1) is 20.7. The Balaban J connectivity index is -0.0000000394. The molecule has 0 bridgehead atoms. The molecular formula is C25H63N4O14S3-. The third kappa shape index (κ3) is 437. The molecule has 0 aliphatic rings. The number of rotatable bonds is 2. The minimum Gasteiger partial charge on any atom is -0.773 e. The Morgan fingerprint density at radius 1 is 0.674 bits per heavy atom. The lowest BCUT2D eigenvalue weighted by molar-refractivity contribution is -0.138. The lowest BCUT2D eigenvalue weighted by Crippen LogP contribution is -2.15. The molecule has 0 saturated heterocycles. The summed E-state index contributed by atoms with van der Waals surface area (Å²) in [5.74, 6) is -0.481. The van der Waals surface area contributed by atoms with Crippen LogP contribution in [0.4, 0.5) is 0 Å². The molecule has 46 heavy (non-hydrogen) atoms. The van der Waals surface area contributed by atoms with Crippen LogP contribution in [0.1, 0.15) is 41.5 Å². The Morgan fingerprint density at radius 3 is 0.783 bits per heavy atom. The van der Waals surface area contributed by atoms with Gasteiger partial charge in [-0.1, -0.05) is 23.2 Å². The van der Waals surface area contributed by atoms with Crippen LogP contribution in [0, 0.1) is 0 Å². The Bertz CT molecular complexity index is 802. The molecule has 0 radical (unpaired) electrons. The minimum absolute atomic E-state index is 0.00463. The fraction of sp³-hybridized carbons (Fsp3) is 0.760. The number of nitrogens with one attached hydrogen (secondary N) is 4. The van der Waals surface area contributed by atoms with E-state index < -0.39 is 31.2 Å². The third-order valence-electron chi connectivity index (χ3n) is 2.29. The van der Waals surface area contributed by atoms with Crippen molar-refractivity contribution in [2.24, 2.45) is 0 Å². The van der Waals surface area contributed by atoms with Crippen LogP contribution in [0.15, 0.2) is 12.2 Å². The second kappa shape index (κ2) is 61.5. The van der Waals surface area contributed by atoms with Gasteiger partial charge in [0.1, 0.15) is 0 Å². The van der Waals surface area contributed by atoms with Gasteiger partial charge in [-0.15, -0.1) is 0 Å². The number of amides is 2. The zero-order valence-electron chi connectivity index (χ0n) is 31.1. The van der Waals surface area contributed by atoms with Crippen LogP contribution in [-0.4, -0.2) is 139 Å². The van der Waals surface area contributed by atoms with Gasteiger partial charge in [-0.2, -0.15) is 8.42 Å². The molecule has 0 heterocycles. The molecule has 0 aliphatic carbocycles. The van der Waals surface area contributed by atoms with Gasteiger partial charge < -0.3 is 34.7 Å². The molecule has 2 amide bonds. The van der Waals surface area contributed by atoms with Crippen molar-refractivity contribution in [2.45, 2.75) is 41.5 Å². The zero-order valence-corrected chi connectivity index (χ0v) is 33.5. The number of allylic oxidation sites excluding steroid dienone is 2. The predicted octanol–water partition coefficient (Wildman–Crippen LogP) is -0.203. The van der Waals surface area contributed by atoms with E-state index in [4.69, 9.17) is 8.76 Å². The average molecular weight is 740 g/mol.